The second-order valence-electron chi connectivity index (χ2n) is 3.28. The van der Waals surface area contributed by atoms with Crippen LogP contribution in [0.4, 0.5) is 13.2 Å². The largest absolute Gasteiger partial charge is 0.449 e. The van der Waals surface area contributed by atoms with Crippen LogP contribution in [-0.2, 0) is 0 Å². The fourth-order valence-electron chi connectivity index (χ4n) is 1.06. The average Bonchev–Trinajstić information content (AvgIpc) is 2.27. The maximum atomic E-state index is 12.1. The van der Waals surface area contributed by atoms with Crippen LogP contribution in [0.2, 0.25) is 0 Å². The summed E-state index contributed by atoms with van der Waals surface area (Å²) >= 11 is 5.68. The fourth-order valence-corrected chi connectivity index (χ4v) is 1.26. The van der Waals surface area contributed by atoms with Crippen molar-refractivity contribution in [3.8, 4) is 0 Å². The number of alkyl halides is 3. The van der Waals surface area contributed by atoms with Gasteiger partial charge < -0.3 is 5.73 Å². The summed E-state index contributed by atoms with van der Waals surface area (Å²) in [4.78, 5) is 3.14. The third-order valence-electron chi connectivity index (χ3n) is 2.03. The van der Waals surface area contributed by atoms with Crippen LogP contribution in [0.5, 0.6) is 0 Å². The van der Waals surface area contributed by atoms with E-state index in [4.69, 9.17) is 17.3 Å². The number of hydrogen-bond acceptors (Lipinski definition) is 1. The van der Waals surface area contributed by atoms with Gasteiger partial charge in [0.1, 0.15) is 5.16 Å². The van der Waals surface area contributed by atoms with E-state index in [1.54, 1.807) is 37.3 Å². The first-order chi connectivity index (χ1) is 7.82. The first-order valence-corrected chi connectivity index (χ1v) is 5.03. The number of rotatable bonds is 2. The van der Waals surface area contributed by atoms with Crippen LogP contribution in [-0.4, -0.2) is 12.0 Å². The molecule has 0 saturated carbocycles. The van der Waals surface area contributed by atoms with E-state index in [0.29, 0.717) is 11.1 Å². The maximum absolute atomic E-state index is 12.1. The number of hydrogen-bond donors (Lipinski definition) is 1. The van der Waals surface area contributed by atoms with Crippen LogP contribution in [0, 0.1) is 0 Å². The van der Waals surface area contributed by atoms with Crippen molar-refractivity contribution < 1.29 is 13.2 Å². The van der Waals surface area contributed by atoms with Gasteiger partial charge in [0.05, 0.1) is 0 Å². The molecule has 2 N–H and O–H groups in total. The summed E-state index contributed by atoms with van der Waals surface area (Å²) in [6.45, 7) is 1.57. The second-order valence-corrected chi connectivity index (χ2v) is 3.63. The van der Waals surface area contributed by atoms with Crippen molar-refractivity contribution in [3.63, 3.8) is 0 Å². The molecule has 0 atom stereocenters. The monoisotopic (exact) mass is 262 g/mol. The van der Waals surface area contributed by atoms with E-state index in [0.717, 1.165) is 0 Å². The normalized spacial score (nSPS) is 14.5. The lowest BCUT2D eigenvalue weighted by Crippen LogP contribution is -2.31. The molecule has 0 bridgehead atoms. The highest BCUT2D eigenvalue weighted by molar-refractivity contribution is 6.33. The molecule has 17 heavy (non-hydrogen) atoms. The molecule has 0 saturated heterocycles. The molecular weight excluding hydrogens is 253 g/mol. The quantitative estimate of drug-likeness (QED) is 0.494. The Bertz CT molecular complexity index is 450. The Morgan fingerprint density at radius 1 is 1.24 bits per heavy atom. The highest BCUT2D eigenvalue weighted by Gasteiger charge is 2.33. The van der Waals surface area contributed by atoms with E-state index in [2.05, 4.69) is 4.99 Å². The molecule has 0 radical (unpaired) electrons. The SMILES string of the molecule is C/C(=C(Cl)\N=C(\N)C(F)(F)F)c1ccccc1. The molecule has 1 aromatic rings. The third-order valence-corrected chi connectivity index (χ3v) is 2.39. The molecule has 0 heterocycles. The minimum Gasteiger partial charge on any atom is -0.380 e. The van der Waals surface area contributed by atoms with Gasteiger partial charge >= 0.3 is 6.18 Å². The van der Waals surface area contributed by atoms with Gasteiger partial charge in [-0.25, -0.2) is 4.99 Å². The number of allylic oxidation sites excluding steroid dienone is 1. The lowest BCUT2D eigenvalue weighted by atomic mass is 10.1. The lowest BCUT2D eigenvalue weighted by Gasteiger charge is -2.06. The Hall–Kier alpha value is -1.49. The number of amidine groups is 1. The van der Waals surface area contributed by atoms with Gasteiger partial charge in [-0.3, -0.25) is 0 Å². The molecule has 0 aliphatic heterocycles. The number of nitrogens with two attached hydrogens (primary N) is 1. The van der Waals surface area contributed by atoms with Gasteiger partial charge in [-0.1, -0.05) is 41.9 Å². The van der Waals surface area contributed by atoms with Crippen molar-refractivity contribution >= 4 is 23.0 Å². The number of aliphatic imine (C=N–C) groups is 1. The van der Waals surface area contributed by atoms with Crippen LogP contribution in [0.25, 0.3) is 5.57 Å². The van der Waals surface area contributed by atoms with E-state index in [-0.39, 0.29) is 5.16 Å². The van der Waals surface area contributed by atoms with E-state index < -0.39 is 12.0 Å². The van der Waals surface area contributed by atoms with Gasteiger partial charge in [0.25, 0.3) is 0 Å². The first-order valence-electron chi connectivity index (χ1n) is 4.65. The highest BCUT2D eigenvalue weighted by Crippen LogP contribution is 2.23. The first kappa shape index (κ1) is 13.6. The van der Waals surface area contributed by atoms with Crippen LogP contribution in [0.3, 0.4) is 0 Å². The van der Waals surface area contributed by atoms with Crippen LogP contribution in [0.15, 0.2) is 40.5 Å². The minimum atomic E-state index is -4.67. The topological polar surface area (TPSA) is 38.4 Å². The Morgan fingerprint density at radius 2 is 1.76 bits per heavy atom. The summed E-state index contributed by atoms with van der Waals surface area (Å²) in [5.41, 5.74) is 5.89. The molecule has 0 amide bonds. The molecular formula is C11H10ClF3N2. The molecule has 0 unspecified atom stereocenters. The molecule has 92 valence electrons. The summed E-state index contributed by atoms with van der Waals surface area (Å²) in [7, 11) is 0. The predicted octanol–water partition coefficient (Wildman–Crippen LogP) is 3.53. The zero-order valence-electron chi connectivity index (χ0n) is 8.92. The maximum Gasteiger partial charge on any atom is 0.449 e. The summed E-state index contributed by atoms with van der Waals surface area (Å²) in [6.07, 6.45) is -4.67. The van der Waals surface area contributed by atoms with Crippen molar-refractivity contribution in [2.75, 3.05) is 0 Å². The molecule has 1 aromatic carbocycles. The number of benzene rings is 1. The molecule has 6 heteroatoms. The van der Waals surface area contributed by atoms with E-state index in [1.165, 1.54) is 0 Å². The Labute approximate surface area is 102 Å². The Morgan fingerprint density at radius 3 is 2.24 bits per heavy atom. The molecule has 0 aliphatic rings. The molecule has 1 rings (SSSR count). The fraction of sp³-hybridized carbons (Fsp3) is 0.182. The molecule has 0 aromatic heterocycles. The van der Waals surface area contributed by atoms with Gasteiger partial charge in [-0.2, -0.15) is 13.2 Å². The van der Waals surface area contributed by atoms with Gasteiger partial charge in [-0.05, 0) is 18.1 Å². The van der Waals surface area contributed by atoms with E-state index in [9.17, 15) is 13.2 Å². The van der Waals surface area contributed by atoms with E-state index in [1.807, 2.05) is 0 Å². The van der Waals surface area contributed by atoms with Gasteiger partial charge in [0.15, 0.2) is 0 Å². The number of halogens is 4. The number of nitrogens with zero attached hydrogens (tertiary/aromatic N) is 1. The van der Waals surface area contributed by atoms with Gasteiger partial charge in [0.2, 0.25) is 5.84 Å². The van der Waals surface area contributed by atoms with E-state index >= 15 is 0 Å². The molecule has 0 fully saturated rings. The van der Waals surface area contributed by atoms with Crippen molar-refractivity contribution in [2.45, 2.75) is 13.1 Å². The molecule has 2 nitrogen and oxygen atoms in total. The standard InChI is InChI=1S/C11H10ClF3N2/c1-7(8-5-3-2-4-6-8)9(12)17-10(16)11(13,14)15/h2-6H,1H3,(H2,16,17)/b9-7+. The summed E-state index contributed by atoms with van der Waals surface area (Å²) in [5.74, 6) is -1.46. The Kier molecular flexibility index (Phi) is 4.17. The van der Waals surface area contributed by atoms with Gasteiger partial charge in [-0.15, -0.1) is 0 Å². The average molecular weight is 263 g/mol. The van der Waals surface area contributed by atoms with Crippen LogP contribution < -0.4 is 5.73 Å². The van der Waals surface area contributed by atoms with Crippen molar-refractivity contribution in [3.05, 3.63) is 41.1 Å². The smallest absolute Gasteiger partial charge is 0.380 e. The lowest BCUT2D eigenvalue weighted by molar-refractivity contribution is -0.0598. The highest BCUT2D eigenvalue weighted by atomic mass is 35.5. The summed E-state index contributed by atoms with van der Waals surface area (Å²) in [6, 6.07) is 8.73. The van der Waals surface area contributed by atoms with Gasteiger partial charge in [0, 0.05) is 0 Å². The molecule has 0 aliphatic carbocycles. The third kappa shape index (κ3) is 3.78. The van der Waals surface area contributed by atoms with Crippen LogP contribution in [0.1, 0.15) is 12.5 Å². The second kappa shape index (κ2) is 5.23. The van der Waals surface area contributed by atoms with Crippen molar-refractivity contribution in [1.29, 1.82) is 0 Å². The van der Waals surface area contributed by atoms with Crippen molar-refractivity contribution in [1.82, 2.24) is 0 Å². The predicted molar refractivity (Wildman–Crippen MR) is 62.6 cm³/mol. The van der Waals surface area contributed by atoms with Crippen LogP contribution >= 0.6 is 11.6 Å². The summed E-state index contributed by atoms with van der Waals surface area (Å²) in [5, 5.41) is -0.272. The Balaban J connectivity index is 3.08. The summed E-state index contributed by atoms with van der Waals surface area (Å²) < 4.78 is 36.4. The zero-order chi connectivity index (χ0) is 13.1. The minimum absolute atomic E-state index is 0.272. The van der Waals surface area contributed by atoms with Crippen molar-refractivity contribution in [2.24, 2.45) is 10.7 Å². The molecule has 0 spiro atoms. The zero-order valence-corrected chi connectivity index (χ0v) is 9.68.